The van der Waals surface area contributed by atoms with Crippen molar-refractivity contribution in [1.29, 1.82) is 0 Å². The number of amides is 4. The van der Waals surface area contributed by atoms with Crippen LogP contribution in [-0.4, -0.2) is 34.6 Å². The lowest BCUT2D eigenvalue weighted by molar-refractivity contribution is -0.137. The van der Waals surface area contributed by atoms with Crippen molar-refractivity contribution in [1.82, 2.24) is 10.2 Å². The van der Waals surface area contributed by atoms with Gasteiger partial charge in [-0.2, -0.15) is 0 Å². The second-order valence-corrected chi connectivity index (χ2v) is 6.74. The number of benzene rings is 1. The molecule has 120 valence electrons. The number of piperidine rings is 1. The Morgan fingerprint density at radius 3 is 2.74 bits per heavy atom. The van der Waals surface area contributed by atoms with Crippen LogP contribution in [0.4, 0.5) is 5.69 Å². The molecule has 1 aromatic rings. The molecule has 23 heavy (non-hydrogen) atoms. The summed E-state index contributed by atoms with van der Waals surface area (Å²) >= 11 is 2.05. The molecule has 1 fully saturated rings. The predicted molar refractivity (Wildman–Crippen MR) is 89.5 cm³/mol. The number of fused-ring (bicyclic) bond motifs is 1. The largest absolute Gasteiger partial charge is 0.326 e. The van der Waals surface area contributed by atoms with Crippen molar-refractivity contribution in [2.75, 3.05) is 5.32 Å². The smallest absolute Gasteiger partial charge is 0.256 e. The van der Waals surface area contributed by atoms with Gasteiger partial charge in [-0.3, -0.25) is 24.5 Å². The average Bonchev–Trinajstić information content (AvgIpc) is 2.75. The Morgan fingerprint density at radius 2 is 2.09 bits per heavy atom. The molecule has 0 aliphatic carbocycles. The van der Waals surface area contributed by atoms with E-state index in [1.54, 1.807) is 12.1 Å². The maximum absolute atomic E-state index is 12.6. The standard InChI is InChI=1S/C15H14IN3O4/c1-7(20)17-9-4-8-6-19(15(23)13(8)10(16)5-9)11-2-3-12(21)18-14(11)22/h4-5,11H,2-3,6H2,1H3,(H,17,20)(H,18,21,22). The fourth-order valence-corrected chi connectivity index (χ4v) is 3.85. The molecule has 7 nitrogen and oxygen atoms in total. The Kier molecular flexibility index (Phi) is 4.09. The molecule has 4 amide bonds. The number of halogens is 1. The van der Waals surface area contributed by atoms with Crippen molar-refractivity contribution in [3.05, 3.63) is 26.8 Å². The molecule has 0 spiro atoms. The summed E-state index contributed by atoms with van der Waals surface area (Å²) < 4.78 is 0.726. The first-order valence-electron chi connectivity index (χ1n) is 7.11. The van der Waals surface area contributed by atoms with Crippen LogP contribution in [0.3, 0.4) is 0 Å². The van der Waals surface area contributed by atoms with E-state index in [4.69, 9.17) is 0 Å². The van der Waals surface area contributed by atoms with E-state index in [1.807, 2.05) is 22.6 Å². The number of hydrogen-bond donors (Lipinski definition) is 2. The van der Waals surface area contributed by atoms with Gasteiger partial charge >= 0.3 is 0 Å². The third kappa shape index (κ3) is 2.94. The molecule has 2 aliphatic heterocycles. The lowest BCUT2D eigenvalue weighted by Gasteiger charge is -2.29. The first-order chi connectivity index (χ1) is 10.9. The molecule has 2 aliphatic rings. The Labute approximate surface area is 145 Å². The molecular weight excluding hydrogens is 413 g/mol. The number of carbonyl (C=O) groups is 4. The predicted octanol–water partition coefficient (Wildman–Crippen LogP) is 1.01. The van der Waals surface area contributed by atoms with Gasteiger partial charge in [0.1, 0.15) is 6.04 Å². The number of imide groups is 1. The number of carbonyl (C=O) groups excluding carboxylic acids is 4. The molecule has 1 unspecified atom stereocenters. The van der Waals surface area contributed by atoms with E-state index in [0.29, 0.717) is 24.2 Å². The summed E-state index contributed by atoms with van der Waals surface area (Å²) in [4.78, 5) is 48.6. The molecule has 1 atom stereocenters. The zero-order chi connectivity index (χ0) is 16.7. The van der Waals surface area contributed by atoms with Gasteiger partial charge in [0.05, 0.1) is 5.56 Å². The highest BCUT2D eigenvalue weighted by atomic mass is 127. The van der Waals surface area contributed by atoms with Gasteiger partial charge in [0.15, 0.2) is 0 Å². The maximum Gasteiger partial charge on any atom is 0.256 e. The van der Waals surface area contributed by atoms with Crippen LogP contribution in [0, 0.1) is 3.57 Å². The second-order valence-electron chi connectivity index (χ2n) is 5.57. The first-order valence-corrected chi connectivity index (χ1v) is 8.19. The van der Waals surface area contributed by atoms with Gasteiger partial charge in [-0.15, -0.1) is 0 Å². The van der Waals surface area contributed by atoms with Crippen LogP contribution in [0.15, 0.2) is 12.1 Å². The van der Waals surface area contributed by atoms with Crippen LogP contribution < -0.4 is 10.6 Å². The van der Waals surface area contributed by atoms with Gasteiger partial charge in [-0.05, 0) is 46.7 Å². The molecule has 1 saturated heterocycles. The normalized spacial score (nSPS) is 20.3. The van der Waals surface area contributed by atoms with Crippen LogP contribution in [0.1, 0.15) is 35.7 Å². The zero-order valence-electron chi connectivity index (χ0n) is 12.3. The summed E-state index contributed by atoms with van der Waals surface area (Å²) in [6.45, 7) is 1.71. The molecule has 1 aromatic carbocycles. The van der Waals surface area contributed by atoms with E-state index in [0.717, 1.165) is 9.13 Å². The fourth-order valence-electron chi connectivity index (χ4n) is 2.93. The topological polar surface area (TPSA) is 95.6 Å². The van der Waals surface area contributed by atoms with Gasteiger partial charge in [0.25, 0.3) is 5.91 Å². The van der Waals surface area contributed by atoms with Crippen LogP contribution in [0.25, 0.3) is 0 Å². The van der Waals surface area contributed by atoms with E-state index >= 15 is 0 Å². The first kappa shape index (κ1) is 15.9. The van der Waals surface area contributed by atoms with Crippen LogP contribution in [-0.2, 0) is 20.9 Å². The summed E-state index contributed by atoms with van der Waals surface area (Å²) in [7, 11) is 0. The minimum Gasteiger partial charge on any atom is -0.326 e. The highest BCUT2D eigenvalue weighted by Crippen LogP contribution is 2.33. The quantitative estimate of drug-likeness (QED) is 0.544. The summed E-state index contributed by atoms with van der Waals surface area (Å²) in [5.74, 6) is -1.14. The minimum absolute atomic E-state index is 0.188. The van der Waals surface area contributed by atoms with Crippen molar-refractivity contribution >= 4 is 51.9 Å². The van der Waals surface area contributed by atoms with E-state index in [1.165, 1.54) is 11.8 Å². The third-order valence-corrected chi connectivity index (χ3v) is 4.74. The summed E-state index contributed by atoms with van der Waals surface area (Å²) in [5.41, 5.74) is 1.96. The van der Waals surface area contributed by atoms with Crippen LogP contribution >= 0.6 is 22.6 Å². The van der Waals surface area contributed by atoms with E-state index in [2.05, 4.69) is 10.6 Å². The summed E-state index contributed by atoms with van der Waals surface area (Å²) in [6, 6.07) is 2.85. The van der Waals surface area contributed by atoms with Crippen LogP contribution in [0.2, 0.25) is 0 Å². The lowest BCUT2D eigenvalue weighted by Crippen LogP contribution is -2.52. The third-order valence-electron chi connectivity index (χ3n) is 3.89. The molecule has 3 rings (SSSR count). The fraction of sp³-hybridized carbons (Fsp3) is 0.333. The number of hydrogen-bond acceptors (Lipinski definition) is 4. The van der Waals surface area contributed by atoms with Gasteiger partial charge in [0.2, 0.25) is 17.7 Å². The van der Waals surface area contributed by atoms with Crippen molar-refractivity contribution < 1.29 is 19.2 Å². The van der Waals surface area contributed by atoms with Gasteiger partial charge in [0, 0.05) is 29.1 Å². The van der Waals surface area contributed by atoms with E-state index < -0.39 is 11.9 Å². The molecule has 0 saturated carbocycles. The average molecular weight is 427 g/mol. The van der Waals surface area contributed by atoms with Crippen molar-refractivity contribution in [2.45, 2.75) is 32.4 Å². The Bertz CT molecular complexity index is 746. The molecule has 8 heteroatoms. The number of nitrogens with zero attached hydrogens (tertiary/aromatic N) is 1. The molecule has 2 N–H and O–H groups in total. The zero-order valence-corrected chi connectivity index (χ0v) is 14.5. The molecule has 0 aromatic heterocycles. The number of anilines is 1. The maximum atomic E-state index is 12.6. The monoisotopic (exact) mass is 427 g/mol. The van der Waals surface area contributed by atoms with Crippen molar-refractivity contribution in [3.63, 3.8) is 0 Å². The van der Waals surface area contributed by atoms with Gasteiger partial charge < -0.3 is 10.2 Å². The Balaban J connectivity index is 1.89. The second kappa shape index (κ2) is 5.91. The summed E-state index contributed by atoms with van der Waals surface area (Å²) in [5, 5.41) is 4.98. The molecule has 0 bridgehead atoms. The lowest BCUT2D eigenvalue weighted by atomic mass is 10.0. The minimum atomic E-state index is -0.632. The van der Waals surface area contributed by atoms with Crippen molar-refractivity contribution in [3.8, 4) is 0 Å². The molecular formula is C15H14IN3O4. The number of rotatable bonds is 2. The van der Waals surface area contributed by atoms with Gasteiger partial charge in [-0.25, -0.2) is 0 Å². The molecule has 0 radical (unpaired) electrons. The Hall–Kier alpha value is -1.97. The van der Waals surface area contributed by atoms with Crippen LogP contribution in [0.5, 0.6) is 0 Å². The van der Waals surface area contributed by atoms with E-state index in [-0.39, 0.29) is 24.1 Å². The molecule has 2 heterocycles. The summed E-state index contributed by atoms with van der Waals surface area (Å²) in [6.07, 6.45) is 0.560. The van der Waals surface area contributed by atoms with Crippen molar-refractivity contribution in [2.24, 2.45) is 0 Å². The SMILES string of the molecule is CC(=O)Nc1cc(I)c2c(c1)CN(C1CCC(=O)NC1=O)C2=O. The van der Waals surface area contributed by atoms with Gasteiger partial charge in [-0.1, -0.05) is 0 Å². The van der Waals surface area contributed by atoms with E-state index in [9.17, 15) is 19.2 Å². The highest BCUT2D eigenvalue weighted by molar-refractivity contribution is 14.1. The highest BCUT2D eigenvalue weighted by Gasteiger charge is 2.40. The Morgan fingerprint density at radius 1 is 1.35 bits per heavy atom. The number of nitrogens with one attached hydrogen (secondary N) is 2.